The molecule has 0 spiro atoms. The molecule has 5 nitrogen and oxygen atoms in total. The fraction of sp³-hybridized carbons (Fsp3) is 0. The molecule has 5 heteroatoms. The van der Waals surface area contributed by atoms with Crippen molar-refractivity contribution in [2.75, 3.05) is 5.32 Å². The van der Waals surface area contributed by atoms with Gasteiger partial charge < -0.3 is 10.3 Å². The van der Waals surface area contributed by atoms with Crippen molar-refractivity contribution in [3.63, 3.8) is 0 Å². The van der Waals surface area contributed by atoms with Crippen LogP contribution >= 0.6 is 0 Å². The molecule has 0 saturated heterocycles. The maximum atomic E-state index is 12.1. The Bertz CT molecular complexity index is 707. The van der Waals surface area contributed by atoms with Gasteiger partial charge in [0.1, 0.15) is 11.5 Å². The van der Waals surface area contributed by atoms with Crippen molar-refractivity contribution in [2.24, 2.45) is 0 Å². The quantitative estimate of drug-likeness (QED) is 0.764. The zero-order valence-corrected chi connectivity index (χ0v) is 10.6. The SMILES string of the molecule is O=C(Nc1ccncc1)c1cnc(-c2ccccc2)[nH]1. The minimum absolute atomic E-state index is 0.231. The fourth-order valence-electron chi connectivity index (χ4n) is 1.81. The normalized spacial score (nSPS) is 10.2. The van der Waals surface area contributed by atoms with E-state index >= 15 is 0 Å². The smallest absolute Gasteiger partial charge is 0.273 e. The molecule has 0 aliphatic heterocycles. The third-order valence-corrected chi connectivity index (χ3v) is 2.81. The molecule has 3 rings (SSSR count). The van der Waals surface area contributed by atoms with Crippen LogP contribution in [0.2, 0.25) is 0 Å². The predicted octanol–water partition coefficient (Wildman–Crippen LogP) is 2.72. The lowest BCUT2D eigenvalue weighted by molar-refractivity contribution is 0.102. The van der Waals surface area contributed by atoms with Crippen molar-refractivity contribution in [3.8, 4) is 11.4 Å². The number of aromatic nitrogens is 3. The Morgan fingerprint density at radius 1 is 1.05 bits per heavy atom. The number of imidazole rings is 1. The molecule has 0 bridgehead atoms. The van der Waals surface area contributed by atoms with Crippen molar-refractivity contribution < 1.29 is 4.79 Å². The Labute approximate surface area is 115 Å². The van der Waals surface area contributed by atoms with Crippen LogP contribution in [0.3, 0.4) is 0 Å². The number of hydrogen-bond acceptors (Lipinski definition) is 3. The van der Waals surface area contributed by atoms with E-state index in [1.807, 2.05) is 30.3 Å². The van der Waals surface area contributed by atoms with Crippen molar-refractivity contribution in [1.82, 2.24) is 15.0 Å². The number of aromatic amines is 1. The van der Waals surface area contributed by atoms with Gasteiger partial charge in [0.25, 0.3) is 5.91 Å². The molecule has 0 atom stereocenters. The van der Waals surface area contributed by atoms with E-state index in [4.69, 9.17) is 0 Å². The van der Waals surface area contributed by atoms with Crippen molar-refractivity contribution in [3.05, 3.63) is 66.7 Å². The van der Waals surface area contributed by atoms with Crippen molar-refractivity contribution >= 4 is 11.6 Å². The Kier molecular flexibility index (Phi) is 3.24. The highest BCUT2D eigenvalue weighted by molar-refractivity contribution is 6.03. The first-order valence-corrected chi connectivity index (χ1v) is 6.15. The molecule has 2 heterocycles. The van der Waals surface area contributed by atoms with E-state index in [0.29, 0.717) is 17.2 Å². The van der Waals surface area contributed by atoms with E-state index in [1.54, 1.807) is 24.5 Å². The highest BCUT2D eigenvalue weighted by atomic mass is 16.1. The van der Waals surface area contributed by atoms with Crippen LogP contribution < -0.4 is 5.32 Å². The van der Waals surface area contributed by atoms with Crippen LogP contribution in [0.1, 0.15) is 10.5 Å². The summed E-state index contributed by atoms with van der Waals surface area (Å²) in [5.74, 6) is 0.441. The summed E-state index contributed by atoms with van der Waals surface area (Å²) in [6.45, 7) is 0. The molecule has 1 aromatic carbocycles. The van der Waals surface area contributed by atoms with Crippen LogP contribution in [0.5, 0.6) is 0 Å². The number of amides is 1. The second-order valence-corrected chi connectivity index (χ2v) is 4.20. The van der Waals surface area contributed by atoms with Crippen molar-refractivity contribution in [2.45, 2.75) is 0 Å². The lowest BCUT2D eigenvalue weighted by Crippen LogP contribution is -2.12. The van der Waals surface area contributed by atoms with Gasteiger partial charge in [0.15, 0.2) is 0 Å². The maximum Gasteiger partial charge on any atom is 0.273 e. The molecule has 2 N–H and O–H groups in total. The first-order chi connectivity index (χ1) is 9.83. The first-order valence-electron chi connectivity index (χ1n) is 6.15. The minimum atomic E-state index is -0.231. The number of hydrogen-bond donors (Lipinski definition) is 2. The van der Waals surface area contributed by atoms with Crippen LogP contribution in [-0.2, 0) is 0 Å². The Balaban J connectivity index is 1.79. The van der Waals surface area contributed by atoms with Crippen LogP contribution in [0.15, 0.2) is 61.1 Å². The van der Waals surface area contributed by atoms with Crippen LogP contribution in [0.4, 0.5) is 5.69 Å². The molecule has 0 aliphatic rings. The summed E-state index contributed by atoms with van der Waals surface area (Å²) >= 11 is 0. The van der Waals surface area contributed by atoms with Gasteiger partial charge in [-0.25, -0.2) is 4.98 Å². The van der Waals surface area contributed by atoms with Crippen molar-refractivity contribution in [1.29, 1.82) is 0 Å². The number of carbonyl (C=O) groups is 1. The lowest BCUT2D eigenvalue weighted by atomic mass is 10.2. The van der Waals surface area contributed by atoms with Gasteiger partial charge in [-0.1, -0.05) is 30.3 Å². The summed E-state index contributed by atoms with van der Waals surface area (Å²) in [6, 6.07) is 13.1. The highest BCUT2D eigenvalue weighted by Gasteiger charge is 2.10. The number of nitrogens with zero attached hydrogens (tertiary/aromatic N) is 2. The average Bonchev–Trinajstić information content (AvgIpc) is 2.99. The van der Waals surface area contributed by atoms with Gasteiger partial charge in [-0.3, -0.25) is 9.78 Å². The molecule has 1 amide bonds. The predicted molar refractivity (Wildman–Crippen MR) is 76.2 cm³/mol. The molecule has 0 radical (unpaired) electrons. The number of anilines is 1. The van der Waals surface area contributed by atoms with E-state index in [1.165, 1.54) is 6.20 Å². The van der Waals surface area contributed by atoms with Gasteiger partial charge in [0.05, 0.1) is 6.20 Å². The minimum Gasteiger partial charge on any atom is -0.334 e. The van der Waals surface area contributed by atoms with E-state index in [0.717, 1.165) is 5.56 Å². The second-order valence-electron chi connectivity index (χ2n) is 4.20. The Hall–Kier alpha value is -2.95. The van der Waals surface area contributed by atoms with Gasteiger partial charge in [0, 0.05) is 23.6 Å². The van der Waals surface area contributed by atoms with Gasteiger partial charge >= 0.3 is 0 Å². The molecule has 0 fully saturated rings. The summed E-state index contributed by atoms with van der Waals surface area (Å²) in [5.41, 5.74) is 2.05. The zero-order valence-electron chi connectivity index (χ0n) is 10.6. The molecular formula is C15H12N4O. The molecular weight excluding hydrogens is 252 g/mol. The largest absolute Gasteiger partial charge is 0.334 e. The molecule has 0 unspecified atom stereocenters. The summed E-state index contributed by atoms with van der Waals surface area (Å²) in [6.07, 6.45) is 4.77. The zero-order chi connectivity index (χ0) is 13.8. The van der Waals surface area contributed by atoms with E-state index in [9.17, 15) is 4.79 Å². The number of benzene rings is 1. The number of H-pyrrole nitrogens is 1. The van der Waals surface area contributed by atoms with E-state index in [2.05, 4.69) is 20.3 Å². The van der Waals surface area contributed by atoms with Crippen LogP contribution in [0, 0.1) is 0 Å². The molecule has 0 saturated carbocycles. The number of pyridine rings is 1. The number of rotatable bonds is 3. The van der Waals surface area contributed by atoms with Crippen LogP contribution in [-0.4, -0.2) is 20.9 Å². The van der Waals surface area contributed by atoms with Crippen LogP contribution in [0.25, 0.3) is 11.4 Å². The maximum absolute atomic E-state index is 12.1. The molecule has 2 aromatic heterocycles. The summed E-state index contributed by atoms with van der Waals surface area (Å²) in [4.78, 5) is 23.2. The molecule has 20 heavy (non-hydrogen) atoms. The molecule has 3 aromatic rings. The summed E-state index contributed by atoms with van der Waals surface area (Å²) < 4.78 is 0. The third kappa shape index (κ3) is 2.56. The monoisotopic (exact) mass is 264 g/mol. The summed E-state index contributed by atoms with van der Waals surface area (Å²) in [7, 11) is 0. The number of carbonyl (C=O) groups excluding carboxylic acids is 1. The van der Waals surface area contributed by atoms with Gasteiger partial charge in [-0.15, -0.1) is 0 Å². The van der Waals surface area contributed by atoms with Gasteiger partial charge in [-0.2, -0.15) is 0 Å². The lowest BCUT2D eigenvalue weighted by Gasteiger charge is -2.02. The summed E-state index contributed by atoms with van der Waals surface area (Å²) in [5, 5.41) is 2.77. The average molecular weight is 264 g/mol. The van der Waals surface area contributed by atoms with E-state index < -0.39 is 0 Å². The Morgan fingerprint density at radius 3 is 2.55 bits per heavy atom. The second kappa shape index (κ2) is 5.36. The standard InChI is InChI=1S/C15H12N4O/c20-15(18-12-6-8-16-9-7-12)13-10-17-14(19-13)11-4-2-1-3-5-11/h1-10H,(H,17,19)(H,16,18,20). The topological polar surface area (TPSA) is 70.7 Å². The third-order valence-electron chi connectivity index (χ3n) is 2.81. The van der Waals surface area contributed by atoms with Gasteiger partial charge in [0.2, 0.25) is 0 Å². The Morgan fingerprint density at radius 2 is 1.80 bits per heavy atom. The van der Waals surface area contributed by atoms with Gasteiger partial charge in [-0.05, 0) is 12.1 Å². The van der Waals surface area contributed by atoms with E-state index in [-0.39, 0.29) is 5.91 Å². The first kappa shape index (κ1) is 12.1. The number of nitrogens with one attached hydrogen (secondary N) is 2. The fourth-order valence-corrected chi connectivity index (χ4v) is 1.81. The highest BCUT2D eigenvalue weighted by Crippen LogP contribution is 2.15. The molecule has 0 aliphatic carbocycles. The molecule has 98 valence electrons.